The molecule has 1 aliphatic carbocycles. The lowest BCUT2D eigenvalue weighted by molar-refractivity contribution is -0.136. The summed E-state index contributed by atoms with van der Waals surface area (Å²) in [7, 11) is 4.61. The number of carbonyl (C=O) groups is 1. The van der Waals surface area contributed by atoms with Crippen LogP contribution in [-0.2, 0) is 9.53 Å². The van der Waals surface area contributed by atoms with E-state index in [2.05, 4.69) is 6.08 Å². The average molecular weight is 288 g/mol. The fraction of sp³-hybridized carbons (Fsp3) is 0.353. The van der Waals surface area contributed by atoms with Crippen LogP contribution in [0.2, 0.25) is 0 Å². The van der Waals surface area contributed by atoms with Crippen molar-refractivity contribution in [1.82, 2.24) is 0 Å². The molecule has 0 N–H and O–H groups in total. The van der Waals surface area contributed by atoms with Crippen LogP contribution in [0.1, 0.15) is 24.8 Å². The van der Waals surface area contributed by atoms with Gasteiger partial charge in [-0.3, -0.25) is 0 Å². The molecule has 0 amide bonds. The third kappa shape index (κ3) is 2.94. The molecule has 1 atom stereocenters. The second kappa shape index (κ2) is 6.48. The summed E-state index contributed by atoms with van der Waals surface area (Å²) in [4.78, 5) is 12.1. The monoisotopic (exact) mass is 288 g/mol. The van der Waals surface area contributed by atoms with Crippen molar-refractivity contribution >= 4 is 5.97 Å². The van der Waals surface area contributed by atoms with Crippen molar-refractivity contribution in [2.24, 2.45) is 0 Å². The number of carbonyl (C=O) groups excluding carboxylic acids is 1. The second-order valence-electron chi connectivity index (χ2n) is 4.92. The van der Waals surface area contributed by atoms with Gasteiger partial charge in [0.2, 0.25) is 0 Å². The molecular formula is C17H20O4. The van der Waals surface area contributed by atoms with Gasteiger partial charge in [-0.1, -0.05) is 23.8 Å². The summed E-state index contributed by atoms with van der Waals surface area (Å²) in [6.45, 7) is 2.04. The lowest BCUT2D eigenvalue weighted by Gasteiger charge is -2.24. The van der Waals surface area contributed by atoms with E-state index >= 15 is 0 Å². The Morgan fingerprint density at radius 1 is 1.14 bits per heavy atom. The van der Waals surface area contributed by atoms with E-state index < -0.39 is 0 Å². The van der Waals surface area contributed by atoms with Crippen molar-refractivity contribution in [3.8, 4) is 11.5 Å². The zero-order valence-corrected chi connectivity index (χ0v) is 12.8. The highest BCUT2D eigenvalue weighted by Gasteiger charge is 2.29. The maximum absolute atomic E-state index is 12.1. The van der Waals surface area contributed by atoms with Crippen molar-refractivity contribution in [2.75, 3.05) is 21.3 Å². The van der Waals surface area contributed by atoms with Crippen LogP contribution >= 0.6 is 0 Å². The van der Waals surface area contributed by atoms with Gasteiger partial charge < -0.3 is 14.2 Å². The predicted octanol–water partition coefficient (Wildman–Crippen LogP) is 3.24. The minimum absolute atomic E-state index is 0.225. The molecule has 0 spiro atoms. The molecule has 0 fully saturated rings. The topological polar surface area (TPSA) is 44.8 Å². The summed E-state index contributed by atoms with van der Waals surface area (Å²) in [5, 5.41) is 0. The first kappa shape index (κ1) is 15.2. The lowest BCUT2D eigenvalue weighted by atomic mass is 9.83. The highest BCUT2D eigenvalue weighted by Crippen LogP contribution is 2.42. The van der Waals surface area contributed by atoms with Crippen LogP contribution in [0.25, 0.3) is 0 Å². The molecule has 112 valence electrons. The Morgan fingerprint density at radius 2 is 1.76 bits per heavy atom. The Hall–Kier alpha value is -2.23. The largest absolute Gasteiger partial charge is 0.496 e. The van der Waals surface area contributed by atoms with Gasteiger partial charge in [-0.15, -0.1) is 0 Å². The number of allylic oxidation sites excluding steroid dienone is 3. The molecule has 1 aromatic carbocycles. The average Bonchev–Trinajstić information content (AvgIpc) is 2.53. The molecule has 21 heavy (non-hydrogen) atoms. The summed E-state index contributed by atoms with van der Waals surface area (Å²) in [5.41, 5.74) is 2.66. The van der Waals surface area contributed by atoms with E-state index in [0.29, 0.717) is 17.1 Å². The molecule has 0 bridgehead atoms. The normalized spacial score (nSPS) is 17.6. The van der Waals surface area contributed by atoms with E-state index in [1.165, 1.54) is 12.7 Å². The van der Waals surface area contributed by atoms with Crippen molar-refractivity contribution in [2.45, 2.75) is 19.3 Å². The molecule has 0 saturated heterocycles. The van der Waals surface area contributed by atoms with Gasteiger partial charge in [0.05, 0.1) is 21.3 Å². The molecular weight excluding hydrogens is 268 g/mol. The maximum atomic E-state index is 12.1. The van der Waals surface area contributed by atoms with Gasteiger partial charge >= 0.3 is 5.97 Å². The summed E-state index contributed by atoms with van der Waals surface area (Å²) in [6, 6.07) is 5.59. The number of esters is 1. The first-order valence-corrected chi connectivity index (χ1v) is 6.79. The standard InChI is InChI=1S/C17H20O4/c1-11-8-9-12(17(18)21-4)13(10-11)16-14(19-2)6-5-7-15(16)20-3/h5-7,9-10,13H,8H2,1-4H3. The van der Waals surface area contributed by atoms with E-state index in [4.69, 9.17) is 14.2 Å². The van der Waals surface area contributed by atoms with Crippen molar-refractivity contribution in [1.29, 1.82) is 0 Å². The van der Waals surface area contributed by atoms with Crippen LogP contribution < -0.4 is 9.47 Å². The third-order valence-corrected chi connectivity index (χ3v) is 3.63. The van der Waals surface area contributed by atoms with E-state index in [0.717, 1.165) is 12.0 Å². The fourth-order valence-corrected chi connectivity index (χ4v) is 2.59. The Bertz CT molecular complexity index is 577. The molecule has 1 aromatic rings. The minimum atomic E-state index is -0.322. The fourth-order valence-electron chi connectivity index (χ4n) is 2.59. The smallest absolute Gasteiger partial charge is 0.334 e. The number of rotatable bonds is 4. The molecule has 4 heteroatoms. The summed E-state index contributed by atoms with van der Waals surface area (Å²) in [5.74, 6) is 0.842. The van der Waals surface area contributed by atoms with E-state index in [9.17, 15) is 4.79 Å². The molecule has 0 heterocycles. The third-order valence-electron chi connectivity index (χ3n) is 3.63. The first-order valence-electron chi connectivity index (χ1n) is 6.79. The minimum Gasteiger partial charge on any atom is -0.496 e. The summed E-state index contributed by atoms with van der Waals surface area (Å²) in [6.07, 6.45) is 4.72. The Labute approximate surface area is 125 Å². The lowest BCUT2D eigenvalue weighted by Crippen LogP contribution is -2.16. The van der Waals surface area contributed by atoms with Gasteiger partial charge in [0.1, 0.15) is 11.5 Å². The number of benzene rings is 1. The van der Waals surface area contributed by atoms with Gasteiger partial charge in [0.15, 0.2) is 0 Å². The molecule has 4 nitrogen and oxygen atoms in total. The number of hydrogen-bond donors (Lipinski definition) is 0. The molecule has 0 radical (unpaired) electrons. The van der Waals surface area contributed by atoms with E-state index in [1.807, 2.05) is 31.2 Å². The number of methoxy groups -OCH3 is 3. The van der Waals surface area contributed by atoms with E-state index in [1.54, 1.807) is 14.2 Å². The van der Waals surface area contributed by atoms with Crippen LogP contribution in [0.3, 0.4) is 0 Å². The first-order chi connectivity index (χ1) is 10.1. The molecule has 2 rings (SSSR count). The number of hydrogen-bond acceptors (Lipinski definition) is 4. The highest BCUT2D eigenvalue weighted by atomic mass is 16.5. The zero-order valence-electron chi connectivity index (χ0n) is 12.8. The quantitative estimate of drug-likeness (QED) is 0.630. The van der Waals surface area contributed by atoms with Gasteiger partial charge in [0.25, 0.3) is 0 Å². The van der Waals surface area contributed by atoms with Crippen LogP contribution in [0.5, 0.6) is 11.5 Å². The van der Waals surface area contributed by atoms with Crippen LogP contribution in [0.4, 0.5) is 0 Å². The maximum Gasteiger partial charge on any atom is 0.334 e. The molecule has 0 aromatic heterocycles. The van der Waals surface area contributed by atoms with Gasteiger partial charge in [-0.2, -0.15) is 0 Å². The van der Waals surface area contributed by atoms with E-state index in [-0.39, 0.29) is 11.9 Å². The van der Waals surface area contributed by atoms with Crippen molar-refractivity contribution < 1.29 is 19.0 Å². The molecule has 0 aliphatic heterocycles. The molecule has 0 saturated carbocycles. The van der Waals surface area contributed by atoms with Crippen LogP contribution in [0.15, 0.2) is 41.5 Å². The second-order valence-corrected chi connectivity index (χ2v) is 4.92. The van der Waals surface area contributed by atoms with Crippen LogP contribution in [-0.4, -0.2) is 27.3 Å². The predicted molar refractivity (Wildman–Crippen MR) is 80.8 cm³/mol. The van der Waals surface area contributed by atoms with Gasteiger partial charge in [0, 0.05) is 17.1 Å². The Morgan fingerprint density at radius 3 is 2.29 bits per heavy atom. The highest BCUT2D eigenvalue weighted by molar-refractivity contribution is 5.91. The SMILES string of the molecule is COC(=O)C1=CCC(C)=CC1c1c(OC)cccc1OC. The molecule has 1 aliphatic rings. The zero-order chi connectivity index (χ0) is 15.4. The van der Waals surface area contributed by atoms with Crippen LogP contribution in [0, 0.1) is 0 Å². The van der Waals surface area contributed by atoms with Crippen molar-refractivity contribution in [3.05, 3.63) is 47.1 Å². The summed E-state index contributed by atoms with van der Waals surface area (Å²) < 4.78 is 15.8. The van der Waals surface area contributed by atoms with Crippen molar-refractivity contribution in [3.63, 3.8) is 0 Å². The summed E-state index contributed by atoms with van der Waals surface area (Å²) >= 11 is 0. The van der Waals surface area contributed by atoms with Gasteiger partial charge in [-0.05, 0) is 25.5 Å². The Kier molecular flexibility index (Phi) is 4.68. The number of ether oxygens (including phenoxy) is 3. The molecule has 1 unspecified atom stereocenters. The Balaban J connectivity index is 2.58. The van der Waals surface area contributed by atoms with Gasteiger partial charge in [-0.25, -0.2) is 4.79 Å².